The van der Waals surface area contributed by atoms with Crippen molar-refractivity contribution in [3.05, 3.63) is 65.9 Å². The van der Waals surface area contributed by atoms with E-state index in [1.807, 2.05) is 21.3 Å². The molecule has 1 aliphatic heterocycles. The van der Waals surface area contributed by atoms with Crippen molar-refractivity contribution in [2.24, 2.45) is 17.4 Å². The van der Waals surface area contributed by atoms with Crippen molar-refractivity contribution in [1.82, 2.24) is 74.1 Å². The van der Waals surface area contributed by atoms with E-state index in [1.165, 1.54) is 24.3 Å². The fourth-order valence-electron chi connectivity index (χ4n) is 11.8. The highest BCUT2D eigenvalue weighted by Crippen LogP contribution is 2.22. The van der Waals surface area contributed by atoms with Crippen LogP contribution in [0.3, 0.4) is 0 Å². The minimum Gasteiger partial charge on any atom is -0.481 e. The molecule has 0 bridgehead atoms. The Hall–Kier alpha value is -12.7. The number of hydrogen-bond donors (Lipinski definition) is 23. The first-order valence-electron chi connectivity index (χ1n) is 37.0. The van der Waals surface area contributed by atoms with Gasteiger partial charge in [0.15, 0.2) is 5.78 Å². The number of aromatic nitrogens is 1. The van der Waals surface area contributed by atoms with Crippen LogP contribution in [0.2, 0.25) is 0 Å². The number of nitrogens with one attached hydrogen (secondary N) is 14. The monoisotopic (exact) mass is 1640 g/mol. The van der Waals surface area contributed by atoms with E-state index in [1.54, 1.807) is 30.5 Å². The van der Waals surface area contributed by atoms with E-state index in [2.05, 4.69) is 59.8 Å². The molecule has 44 heteroatoms. The average Bonchev–Trinajstić information content (AvgIpc) is 1.72. The topological polar surface area (TPSA) is 722 Å². The molecule has 116 heavy (non-hydrogen) atoms. The third-order valence-corrected chi connectivity index (χ3v) is 17.9. The maximum absolute atomic E-state index is 14.8. The number of hydrogen-bond acceptors (Lipinski definition) is 25. The molecule has 1 aromatic heterocycles. The number of carboxylic acid groups (broad SMARTS) is 4. The molecule has 4 rings (SSSR count). The van der Waals surface area contributed by atoms with Gasteiger partial charge in [0.05, 0.1) is 58.4 Å². The number of aliphatic hydroxyl groups is 2. The van der Waals surface area contributed by atoms with Crippen LogP contribution < -0.4 is 86.3 Å². The SMILES string of the molecule is CCCCCCCCCC(=O)N[C@@H](Cc1c[nH]c2ccccc12)C(=O)N[C@H](CC(N)=O)C(=O)N[C@@H](CC(=O)O)C(=O)N[C@@H]1C(=O)NCC(=O)N[C@@H](CCCN)C(=O)N[C@@H](CC(=O)O)C(=O)N[C@H](CO)C(=O)N[C@@H](CC(=O)O)C(=O)NCC(=O)N[C@H](CO)C(=O)N[C@@H]([C@H](C)CC(=O)O)C(=O)N[C@H](CC(=O)c2ccccc2N)C(=O)O[C@@H]1C. The summed E-state index contributed by atoms with van der Waals surface area (Å²) in [7, 11) is 0. The zero-order valence-electron chi connectivity index (χ0n) is 63.7. The highest BCUT2D eigenvalue weighted by molar-refractivity contribution is 6.05. The summed E-state index contributed by atoms with van der Waals surface area (Å²) in [6.07, 6.45) is -2.66. The van der Waals surface area contributed by atoms with Gasteiger partial charge in [0.1, 0.15) is 72.6 Å². The van der Waals surface area contributed by atoms with Crippen LogP contribution in [0.15, 0.2) is 54.7 Å². The van der Waals surface area contributed by atoms with Crippen LogP contribution in [0.4, 0.5) is 5.69 Å². The second-order valence-electron chi connectivity index (χ2n) is 27.3. The summed E-state index contributed by atoms with van der Waals surface area (Å²) < 4.78 is 5.67. The smallest absolute Gasteiger partial charge is 0.329 e. The van der Waals surface area contributed by atoms with E-state index >= 15 is 0 Å². The minimum atomic E-state index is -2.47. The van der Waals surface area contributed by atoms with Crippen LogP contribution in [0.5, 0.6) is 0 Å². The number of anilines is 1. The van der Waals surface area contributed by atoms with Gasteiger partial charge in [0, 0.05) is 47.6 Å². The molecule has 13 atom stereocenters. The van der Waals surface area contributed by atoms with Gasteiger partial charge in [0.2, 0.25) is 82.7 Å². The molecule has 636 valence electrons. The van der Waals surface area contributed by atoms with Gasteiger partial charge in [-0.3, -0.25) is 91.1 Å². The number of nitrogen functional groups attached to an aromatic ring is 1. The number of aliphatic hydroxyl groups excluding tert-OH is 2. The Morgan fingerprint density at radius 2 is 1.04 bits per heavy atom. The van der Waals surface area contributed by atoms with Gasteiger partial charge in [-0.2, -0.15) is 0 Å². The first-order valence-corrected chi connectivity index (χ1v) is 37.0. The Labute approximate surface area is 662 Å². The van der Waals surface area contributed by atoms with E-state index in [9.17, 15) is 127 Å². The molecule has 2 aromatic carbocycles. The van der Waals surface area contributed by atoms with Crippen molar-refractivity contribution in [2.45, 2.75) is 202 Å². The van der Waals surface area contributed by atoms with Crippen molar-refractivity contribution in [2.75, 3.05) is 38.6 Å². The van der Waals surface area contributed by atoms with Crippen LogP contribution in [-0.4, -0.2) is 259 Å². The number of nitrogens with two attached hydrogens (primary N) is 3. The van der Waals surface area contributed by atoms with Crippen molar-refractivity contribution in [3.8, 4) is 0 Å². The molecule has 44 nitrogen and oxygen atoms in total. The molecular weight excluding hydrogens is 1530 g/mol. The second kappa shape index (κ2) is 48.4. The number of esters is 1. The van der Waals surface area contributed by atoms with E-state index in [4.69, 9.17) is 21.9 Å². The Morgan fingerprint density at radius 1 is 0.534 bits per heavy atom. The number of amides is 14. The Bertz CT molecular complexity index is 4060. The molecule has 1 fully saturated rings. The lowest BCUT2D eigenvalue weighted by Gasteiger charge is -2.30. The Balaban J connectivity index is 1.88. The molecule has 2 heterocycles. The lowest BCUT2D eigenvalue weighted by Crippen LogP contribution is -2.62. The lowest BCUT2D eigenvalue weighted by atomic mass is 9.96. The fourth-order valence-corrected chi connectivity index (χ4v) is 11.8. The molecule has 3 aromatic rings. The number of cyclic esters (lactones) is 1. The number of benzene rings is 2. The summed E-state index contributed by atoms with van der Waals surface area (Å²) >= 11 is 0. The van der Waals surface area contributed by atoms with Crippen LogP contribution in [0, 0.1) is 5.92 Å². The number of aromatic amines is 1. The van der Waals surface area contributed by atoms with Gasteiger partial charge in [-0.1, -0.05) is 82.7 Å². The number of para-hydroxylation sites is 2. The van der Waals surface area contributed by atoms with Crippen LogP contribution >= 0.6 is 0 Å². The number of rotatable bonds is 36. The number of carbonyl (C=O) groups excluding carboxylic acids is 16. The molecule has 0 saturated carbocycles. The number of carbonyl (C=O) groups is 20. The third kappa shape index (κ3) is 32.4. The highest BCUT2D eigenvalue weighted by atomic mass is 16.5. The number of H-pyrrole nitrogens is 1. The van der Waals surface area contributed by atoms with Gasteiger partial charge in [-0.25, -0.2) is 4.79 Å². The molecule has 26 N–H and O–H groups in total. The summed E-state index contributed by atoms with van der Waals surface area (Å²) in [5.41, 5.74) is 18.0. The molecule has 0 unspecified atom stereocenters. The maximum Gasteiger partial charge on any atom is 0.329 e. The summed E-state index contributed by atoms with van der Waals surface area (Å²) in [4.78, 5) is 276. The van der Waals surface area contributed by atoms with Gasteiger partial charge in [-0.15, -0.1) is 0 Å². The minimum absolute atomic E-state index is 0.0240. The largest absolute Gasteiger partial charge is 0.481 e. The predicted octanol–water partition coefficient (Wildman–Crippen LogP) is -6.65. The maximum atomic E-state index is 14.8. The molecule has 14 amide bonds. The molecule has 1 saturated heterocycles. The molecule has 1 aliphatic rings. The van der Waals surface area contributed by atoms with Crippen molar-refractivity contribution in [3.63, 3.8) is 0 Å². The van der Waals surface area contributed by atoms with E-state index in [-0.39, 0.29) is 37.1 Å². The van der Waals surface area contributed by atoms with Crippen molar-refractivity contribution >= 4 is 135 Å². The summed E-state index contributed by atoms with van der Waals surface area (Å²) in [5.74, 6) is -30.6. The van der Waals surface area contributed by atoms with Gasteiger partial charge >= 0.3 is 29.8 Å². The summed E-state index contributed by atoms with van der Waals surface area (Å²) in [5, 5.41) is 88.4. The molecule has 0 spiro atoms. The number of aliphatic carboxylic acids is 4. The molecular formula is C72H101N17O27. The summed E-state index contributed by atoms with van der Waals surface area (Å²) in [6, 6.07) is -11.4. The zero-order chi connectivity index (χ0) is 86.5. The zero-order valence-corrected chi connectivity index (χ0v) is 63.7. The van der Waals surface area contributed by atoms with E-state index < -0.39 is 268 Å². The van der Waals surface area contributed by atoms with Crippen LogP contribution in [-0.2, 0) is 102 Å². The Kier molecular flexibility index (Phi) is 39.9. The fraction of sp³-hybridized carbons (Fsp3) is 0.528. The third-order valence-electron chi connectivity index (χ3n) is 17.9. The lowest BCUT2D eigenvalue weighted by molar-refractivity contribution is -0.156. The predicted molar refractivity (Wildman–Crippen MR) is 402 cm³/mol. The average molecular weight is 1640 g/mol. The van der Waals surface area contributed by atoms with Crippen molar-refractivity contribution in [1.29, 1.82) is 0 Å². The standard InChI is InChI=1S/C72H101N17O27/c1-4-5-6-7-8-9-10-21-53(94)80-43(24-37-30-76-41-19-14-12-16-38(37)41)64(107)82-44(26-52(75)93)65(108)85-47(29-59(103)104)67(110)89-61-36(3)116-72(115)48(25-51(92)39-17-11-13-18-40(39)74)86-71(114)60(35(2)23-56(97)98)88-69(112)49(33-90)81-55(96)31-77-62(105)45(27-57(99)100)83-68(111)50(34-91)87-66(109)46(28-58(101)102)84-63(106)42(20-15-22-73)79-54(95)32-78-70(61)113/h11-14,16-19,30,35-36,42-50,60-61,76,90-91H,4-10,15,20-29,31-34,73-74H2,1-3H3,(H2,75,93)(H,77,105)(H,78,113)(H,79,95)(H,80,94)(H,81,96)(H,82,107)(H,83,111)(H,84,106)(H,85,108)(H,86,114)(H,87,109)(H,88,112)(H,89,110)(H,97,98)(H,99,100)(H,101,102)(H,103,104)/t35-,36-,42+,43+,44-,45+,46+,47+,48-,49-,50-,60+,61+/m1/s1. The first kappa shape index (κ1) is 95.6. The number of fused-ring (bicyclic) bond motifs is 1. The quantitative estimate of drug-likeness (QED) is 0.0111. The van der Waals surface area contributed by atoms with Gasteiger partial charge in [-0.05, 0) is 62.4 Å². The highest BCUT2D eigenvalue weighted by Gasteiger charge is 2.41. The first-order chi connectivity index (χ1) is 54.9. The van der Waals surface area contributed by atoms with Gasteiger partial charge < -0.3 is 127 Å². The normalized spacial score (nSPS) is 21.1. The number of primary amides is 1. The van der Waals surface area contributed by atoms with Crippen LogP contribution in [0.1, 0.15) is 139 Å². The number of carboxylic acids is 4. The van der Waals surface area contributed by atoms with Crippen molar-refractivity contribution < 1.29 is 131 Å². The molecule has 0 radical (unpaired) electrons. The number of ether oxygens (including phenoxy) is 1. The molecule has 0 aliphatic carbocycles. The number of ketones is 1. The number of unbranched alkanes of at least 4 members (excludes halogenated alkanes) is 6. The second-order valence-corrected chi connectivity index (χ2v) is 27.3. The van der Waals surface area contributed by atoms with E-state index in [0.717, 1.165) is 46.0 Å². The summed E-state index contributed by atoms with van der Waals surface area (Å²) in [6.45, 7) is -1.38. The Morgan fingerprint density at radius 3 is 1.63 bits per heavy atom. The van der Waals surface area contributed by atoms with E-state index in [0.29, 0.717) is 29.3 Å². The van der Waals surface area contributed by atoms with Gasteiger partial charge in [0.25, 0.3) is 0 Å². The number of Topliss-reactive ketones (excluding diaryl/α,β-unsaturated/α-hetero) is 1. The van der Waals surface area contributed by atoms with Crippen LogP contribution in [0.25, 0.3) is 10.9 Å².